The van der Waals surface area contributed by atoms with Gasteiger partial charge in [-0.15, -0.1) is 0 Å². The SMILES string of the molecule is NC(N)=NCCC[C@H](N)C(=O)NCCCN1CC[C@]23c4c5ccc(O)c4O[C@H]2[C@@H](O)C=C[C@H]3[C@H]1C5. The Kier molecular flexibility index (Phi) is 6.37. The number of piperidine rings is 1. The summed E-state index contributed by atoms with van der Waals surface area (Å²) in [6.45, 7) is 2.77. The molecule has 1 aromatic rings. The van der Waals surface area contributed by atoms with Gasteiger partial charge in [0.1, 0.15) is 12.2 Å². The number of hydrogen-bond donors (Lipinski definition) is 6. The highest BCUT2D eigenvalue weighted by Gasteiger charge is 2.64. The Morgan fingerprint density at radius 3 is 2.94 bits per heavy atom. The summed E-state index contributed by atoms with van der Waals surface area (Å²) in [6.07, 6.45) is 6.70. The van der Waals surface area contributed by atoms with E-state index in [4.69, 9.17) is 21.9 Å². The van der Waals surface area contributed by atoms with Gasteiger partial charge in [0.15, 0.2) is 17.5 Å². The first-order valence-electron chi connectivity index (χ1n) is 12.5. The van der Waals surface area contributed by atoms with Crippen LogP contribution in [0.1, 0.15) is 36.8 Å². The number of phenolic OH excluding ortho intramolecular Hbond substituents is 1. The number of aliphatic imine (C=N–C) groups is 1. The van der Waals surface area contributed by atoms with Crippen LogP contribution >= 0.6 is 0 Å². The Morgan fingerprint density at radius 2 is 2.14 bits per heavy atom. The number of guanidine groups is 1. The summed E-state index contributed by atoms with van der Waals surface area (Å²) in [7, 11) is 0. The van der Waals surface area contributed by atoms with Gasteiger partial charge in [0.2, 0.25) is 5.91 Å². The molecule has 1 saturated heterocycles. The molecule has 2 heterocycles. The van der Waals surface area contributed by atoms with Gasteiger partial charge in [-0.25, -0.2) is 0 Å². The largest absolute Gasteiger partial charge is 0.504 e. The normalized spacial score (nSPS) is 30.8. The summed E-state index contributed by atoms with van der Waals surface area (Å²) in [5.74, 6) is 0.825. The number of ether oxygens (including phenoxy) is 1. The third kappa shape index (κ3) is 4.03. The lowest BCUT2D eigenvalue weighted by Crippen LogP contribution is -2.65. The number of aromatic hydroxyl groups is 1. The maximum atomic E-state index is 12.3. The molecule has 1 aromatic carbocycles. The van der Waals surface area contributed by atoms with Crippen LogP contribution in [0, 0.1) is 5.92 Å². The molecule has 2 bridgehead atoms. The van der Waals surface area contributed by atoms with E-state index in [1.807, 2.05) is 12.1 Å². The molecule has 1 amide bonds. The fraction of sp³-hybridized carbons (Fsp3) is 0.600. The molecule has 0 saturated carbocycles. The minimum absolute atomic E-state index is 0.0440. The molecule has 190 valence electrons. The van der Waals surface area contributed by atoms with Gasteiger partial charge < -0.3 is 37.5 Å². The van der Waals surface area contributed by atoms with Crippen LogP contribution in [0.4, 0.5) is 0 Å². The van der Waals surface area contributed by atoms with Crippen LogP contribution in [-0.2, 0) is 16.6 Å². The molecule has 9 N–H and O–H groups in total. The van der Waals surface area contributed by atoms with Gasteiger partial charge in [-0.2, -0.15) is 0 Å². The zero-order chi connectivity index (χ0) is 24.7. The van der Waals surface area contributed by atoms with Crippen LogP contribution in [0.25, 0.3) is 0 Å². The van der Waals surface area contributed by atoms with Crippen molar-refractivity contribution in [3.05, 3.63) is 35.4 Å². The minimum Gasteiger partial charge on any atom is -0.504 e. The van der Waals surface area contributed by atoms with E-state index in [2.05, 4.69) is 21.3 Å². The molecule has 0 unspecified atom stereocenters. The molecule has 4 aliphatic rings. The van der Waals surface area contributed by atoms with Crippen molar-refractivity contribution in [3.63, 3.8) is 0 Å². The lowest BCUT2D eigenvalue weighted by Gasteiger charge is -2.57. The van der Waals surface area contributed by atoms with Crippen molar-refractivity contribution in [1.29, 1.82) is 0 Å². The average Bonchev–Trinajstić information content (AvgIpc) is 3.18. The third-order valence-electron chi connectivity index (χ3n) is 8.21. The molecule has 2 aliphatic heterocycles. The van der Waals surface area contributed by atoms with Crippen molar-refractivity contribution in [2.45, 2.75) is 61.8 Å². The maximum absolute atomic E-state index is 12.3. The highest BCUT2D eigenvalue weighted by Crippen LogP contribution is 2.62. The highest BCUT2D eigenvalue weighted by atomic mass is 16.5. The molecular weight excluding hydrogens is 448 g/mol. The number of benzene rings is 1. The predicted molar refractivity (Wildman–Crippen MR) is 132 cm³/mol. The first-order valence-corrected chi connectivity index (χ1v) is 12.5. The van der Waals surface area contributed by atoms with Crippen LogP contribution < -0.4 is 27.3 Å². The molecule has 5 rings (SSSR count). The molecule has 0 radical (unpaired) electrons. The number of nitrogens with zero attached hydrogens (tertiary/aromatic N) is 2. The Hall–Kier alpha value is -2.82. The highest BCUT2D eigenvalue weighted by molar-refractivity contribution is 5.81. The molecule has 10 heteroatoms. The van der Waals surface area contributed by atoms with E-state index in [0.29, 0.717) is 31.7 Å². The van der Waals surface area contributed by atoms with Gasteiger partial charge >= 0.3 is 0 Å². The number of hydrogen-bond acceptors (Lipinski definition) is 7. The molecule has 10 nitrogen and oxygen atoms in total. The standard InChI is InChI=1S/C25H36N6O4/c26-16(3-1-9-30-24(27)28)23(34)29-10-2-11-31-12-8-25-15-5-7-19(33)22(25)35-21-18(32)6-4-14(20(21)25)13-17(15)31/h4-7,15-17,19,22,32-33H,1-3,8-13,26H2,(H,29,34)(H4,27,28,30)/t15-,16-,17+,19-,22-,25-/m0/s1. The van der Waals surface area contributed by atoms with Gasteiger partial charge in [0.05, 0.1) is 6.04 Å². The van der Waals surface area contributed by atoms with Crippen LogP contribution in [0.15, 0.2) is 29.3 Å². The quantitative estimate of drug-likeness (QED) is 0.117. The molecular formula is C25H36N6O4. The Labute approximate surface area is 205 Å². The zero-order valence-corrected chi connectivity index (χ0v) is 19.9. The summed E-state index contributed by atoms with van der Waals surface area (Å²) in [6, 6.07) is 3.43. The summed E-state index contributed by atoms with van der Waals surface area (Å²) in [5.41, 5.74) is 18.6. The minimum atomic E-state index is -0.685. The van der Waals surface area contributed by atoms with Crippen molar-refractivity contribution in [2.24, 2.45) is 28.1 Å². The van der Waals surface area contributed by atoms with Crippen molar-refractivity contribution < 1.29 is 19.7 Å². The molecule has 2 aliphatic carbocycles. The summed E-state index contributed by atoms with van der Waals surface area (Å²) in [5, 5.41) is 24.1. The monoisotopic (exact) mass is 484 g/mol. The van der Waals surface area contributed by atoms with E-state index < -0.39 is 12.1 Å². The fourth-order valence-electron chi connectivity index (χ4n) is 6.68. The molecule has 0 aromatic heterocycles. The Bertz CT molecular complexity index is 1040. The maximum Gasteiger partial charge on any atom is 0.236 e. The third-order valence-corrected chi connectivity index (χ3v) is 8.21. The van der Waals surface area contributed by atoms with Gasteiger partial charge in [-0.05, 0) is 50.3 Å². The van der Waals surface area contributed by atoms with E-state index in [-0.39, 0.29) is 41.1 Å². The van der Waals surface area contributed by atoms with Crippen LogP contribution in [0.3, 0.4) is 0 Å². The molecule has 1 spiro atoms. The van der Waals surface area contributed by atoms with Gasteiger partial charge in [0, 0.05) is 42.6 Å². The number of rotatable bonds is 9. The van der Waals surface area contributed by atoms with Crippen molar-refractivity contribution in [3.8, 4) is 11.5 Å². The van der Waals surface area contributed by atoms with Crippen LogP contribution in [0.2, 0.25) is 0 Å². The van der Waals surface area contributed by atoms with Crippen molar-refractivity contribution in [2.75, 3.05) is 26.2 Å². The fourth-order valence-corrected chi connectivity index (χ4v) is 6.68. The summed E-state index contributed by atoms with van der Waals surface area (Å²) in [4.78, 5) is 18.7. The van der Waals surface area contributed by atoms with E-state index >= 15 is 0 Å². The molecule has 35 heavy (non-hydrogen) atoms. The van der Waals surface area contributed by atoms with Crippen molar-refractivity contribution >= 4 is 11.9 Å². The number of amides is 1. The average molecular weight is 485 g/mol. The van der Waals surface area contributed by atoms with Crippen molar-refractivity contribution in [1.82, 2.24) is 10.2 Å². The Morgan fingerprint density at radius 1 is 1.31 bits per heavy atom. The lowest BCUT2D eigenvalue weighted by molar-refractivity contribution is -0.122. The zero-order valence-electron chi connectivity index (χ0n) is 19.9. The number of aliphatic hydroxyl groups is 1. The Balaban J connectivity index is 1.19. The number of carbonyl (C=O) groups is 1. The topological polar surface area (TPSA) is 172 Å². The predicted octanol–water partition coefficient (Wildman–Crippen LogP) is -0.544. The van der Waals surface area contributed by atoms with E-state index in [9.17, 15) is 15.0 Å². The number of aliphatic hydroxyl groups excluding tert-OH is 1. The number of nitrogens with one attached hydrogen (secondary N) is 1. The van der Waals surface area contributed by atoms with E-state index in [1.165, 1.54) is 5.56 Å². The second-order valence-electron chi connectivity index (χ2n) is 10.2. The van der Waals surface area contributed by atoms with Crippen LogP contribution in [-0.4, -0.2) is 77.5 Å². The first-order chi connectivity index (χ1) is 16.8. The van der Waals surface area contributed by atoms with Gasteiger partial charge in [0.25, 0.3) is 0 Å². The number of likely N-dealkylation sites (tertiary alicyclic amines) is 1. The van der Waals surface area contributed by atoms with E-state index in [1.54, 1.807) is 6.07 Å². The van der Waals surface area contributed by atoms with Gasteiger partial charge in [-0.1, -0.05) is 18.2 Å². The van der Waals surface area contributed by atoms with E-state index in [0.717, 1.165) is 37.9 Å². The number of phenols is 1. The molecule has 1 fully saturated rings. The summed E-state index contributed by atoms with van der Waals surface area (Å²) >= 11 is 0. The van der Waals surface area contributed by atoms with Crippen LogP contribution in [0.5, 0.6) is 11.5 Å². The number of nitrogens with two attached hydrogens (primary N) is 3. The first kappa shape index (κ1) is 23.9. The lowest BCUT2D eigenvalue weighted by atomic mass is 9.53. The second kappa shape index (κ2) is 9.33. The smallest absolute Gasteiger partial charge is 0.236 e. The number of carbonyl (C=O) groups excluding carboxylic acids is 1. The summed E-state index contributed by atoms with van der Waals surface area (Å²) < 4.78 is 6.20. The molecule has 6 atom stereocenters. The second-order valence-corrected chi connectivity index (χ2v) is 10.2. The van der Waals surface area contributed by atoms with Gasteiger partial charge in [-0.3, -0.25) is 14.7 Å².